The van der Waals surface area contributed by atoms with Gasteiger partial charge in [-0.15, -0.1) is 0 Å². The lowest BCUT2D eigenvalue weighted by atomic mass is 9.48. The number of nitrogens with zero attached hydrogens (tertiary/aromatic N) is 3. The predicted octanol–water partition coefficient (Wildman–Crippen LogP) is 14.2. The Bertz CT molecular complexity index is 2950. The second kappa shape index (κ2) is 13.7. The molecule has 0 amide bonds. The van der Waals surface area contributed by atoms with Crippen LogP contribution in [-0.2, 0) is 5.41 Å². The normalized spacial score (nSPS) is 20.7. The van der Waals surface area contributed by atoms with Crippen LogP contribution in [0.15, 0.2) is 174 Å². The van der Waals surface area contributed by atoms with Crippen LogP contribution >= 0.6 is 0 Å². The van der Waals surface area contributed by atoms with Crippen molar-refractivity contribution in [1.29, 1.82) is 0 Å². The quantitative estimate of drug-likeness (QED) is 0.162. The first-order valence-electron chi connectivity index (χ1n) is 21.3. The Morgan fingerprint density at radius 2 is 0.847 bits per heavy atom. The average molecular weight is 762 g/mol. The number of aromatic nitrogens is 3. The molecule has 0 atom stereocenters. The van der Waals surface area contributed by atoms with Crippen molar-refractivity contribution in [2.45, 2.75) is 43.9 Å². The largest absolute Gasteiger partial charge is 0.456 e. The molecular formula is C55H43N3O. The monoisotopic (exact) mass is 761 g/mol. The summed E-state index contributed by atoms with van der Waals surface area (Å²) in [7, 11) is 0. The molecule has 0 unspecified atom stereocenters. The SMILES string of the molecule is c1ccc(-c2ccc(-c3nc(-c4ccc(C56CC7CC(CC(C7)C5)C6)cc4)nc(-c4ccc5c(c4)oc4cccc(-c6ccc(-c7ccccc7)cc6)c45)n3)cc2)cc1. The third kappa shape index (κ3) is 6.09. The molecular weight excluding hydrogens is 719 g/mol. The molecule has 0 aliphatic heterocycles. The molecule has 2 aromatic heterocycles. The summed E-state index contributed by atoms with van der Waals surface area (Å²) in [5.41, 5.74) is 13.4. The van der Waals surface area contributed by atoms with Gasteiger partial charge in [-0.3, -0.25) is 0 Å². The standard InChI is InChI=1S/C55H43N3O/c1-3-8-38(9-4-1)40-14-18-42(19-15-40)47-12-7-13-49-51(47)48-27-24-45(31-50(48)59-49)54-57-52(43-20-16-41(17-21-43)39-10-5-2-6-11-39)56-53(58-54)44-22-25-46(26-23-44)55-32-35-28-36(33-55)30-37(29-35)34-55/h1-27,31,35-37H,28-30,32-34H2. The van der Waals surface area contributed by atoms with E-state index >= 15 is 0 Å². The van der Waals surface area contributed by atoms with Gasteiger partial charge in [0.05, 0.1) is 0 Å². The Labute approximate surface area is 344 Å². The zero-order chi connectivity index (χ0) is 38.9. The minimum atomic E-state index is 0.344. The number of hydrogen-bond acceptors (Lipinski definition) is 4. The summed E-state index contributed by atoms with van der Waals surface area (Å²) in [5.74, 6) is 4.68. The van der Waals surface area contributed by atoms with E-state index in [0.717, 1.165) is 73.1 Å². The van der Waals surface area contributed by atoms with Gasteiger partial charge >= 0.3 is 0 Å². The van der Waals surface area contributed by atoms with Crippen LogP contribution in [0, 0.1) is 17.8 Å². The van der Waals surface area contributed by atoms with Crippen molar-refractivity contribution in [3.8, 4) is 67.5 Å². The molecule has 0 radical (unpaired) electrons. The fraction of sp³-hybridized carbons (Fsp3) is 0.182. The van der Waals surface area contributed by atoms with E-state index in [4.69, 9.17) is 19.4 Å². The first-order chi connectivity index (χ1) is 29.1. The van der Waals surface area contributed by atoms with E-state index in [1.54, 1.807) is 0 Å². The van der Waals surface area contributed by atoms with E-state index in [2.05, 4.69) is 164 Å². The summed E-state index contributed by atoms with van der Waals surface area (Å²) < 4.78 is 6.60. The zero-order valence-electron chi connectivity index (χ0n) is 32.9. The highest BCUT2D eigenvalue weighted by molar-refractivity contribution is 6.13. The second-order valence-electron chi connectivity index (χ2n) is 17.5. The maximum absolute atomic E-state index is 6.60. The topological polar surface area (TPSA) is 51.8 Å². The molecule has 9 aromatic rings. The Balaban J connectivity index is 0.932. The highest BCUT2D eigenvalue weighted by Crippen LogP contribution is 2.60. The molecule has 0 spiro atoms. The summed E-state index contributed by atoms with van der Waals surface area (Å²) in [6.07, 6.45) is 8.40. The molecule has 7 aromatic carbocycles. The van der Waals surface area contributed by atoms with Gasteiger partial charge in [-0.2, -0.15) is 0 Å². The lowest BCUT2D eigenvalue weighted by Gasteiger charge is -2.57. The van der Waals surface area contributed by atoms with Gasteiger partial charge in [-0.05, 0) is 119 Å². The van der Waals surface area contributed by atoms with Gasteiger partial charge in [-0.1, -0.05) is 152 Å². The van der Waals surface area contributed by atoms with Crippen LogP contribution in [0.25, 0.3) is 89.5 Å². The highest BCUT2D eigenvalue weighted by atomic mass is 16.3. The van der Waals surface area contributed by atoms with E-state index in [9.17, 15) is 0 Å². The molecule has 4 saturated carbocycles. The van der Waals surface area contributed by atoms with Crippen LogP contribution in [-0.4, -0.2) is 15.0 Å². The van der Waals surface area contributed by atoms with Gasteiger partial charge in [0.2, 0.25) is 0 Å². The van der Waals surface area contributed by atoms with Gasteiger partial charge in [-0.25, -0.2) is 15.0 Å². The second-order valence-corrected chi connectivity index (χ2v) is 17.5. The van der Waals surface area contributed by atoms with Gasteiger partial charge in [0.1, 0.15) is 11.2 Å². The van der Waals surface area contributed by atoms with Crippen LogP contribution in [0.1, 0.15) is 44.1 Å². The lowest BCUT2D eigenvalue weighted by Crippen LogP contribution is -2.48. The number of hydrogen-bond donors (Lipinski definition) is 0. The van der Waals surface area contributed by atoms with E-state index in [1.165, 1.54) is 60.8 Å². The fourth-order valence-electron chi connectivity index (χ4n) is 11.3. The molecule has 4 bridgehead atoms. The van der Waals surface area contributed by atoms with Crippen molar-refractivity contribution in [3.05, 3.63) is 175 Å². The van der Waals surface area contributed by atoms with Crippen LogP contribution in [0.2, 0.25) is 0 Å². The van der Waals surface area contributed by atoms with Crippen molar-refractivity contribution in [2.24, 2.45) is 17.8 Å². The van der Waals surface area contributed by atoms with Gasteiger partial charge in [0.15, 0.2) is 17.5 Å². The fourth-order valence-corrected chi connectivity index (χ4v) is 11.3. The van der Waals surface area contributed by atoms with Gasteiger partial charge < -0.3 is 4.42 Å². The summed E-state index contributed by atoms with van der Waals surface area (Å²) in [6, 6.07) is 60.3. The van der Waals surface area contributed by atoms with Gasteiger partial charge in [0, 0.05) is 27.5 Å². The Morgan fingerprint density at radius 3 is 1.41 bits per heavy atom. The van der Waals surface area contributed by atoms with E-state index in [1.807, 2.05) is 6.07 Å². The first-order valence-corrected chi connectivity index (χ1v) is 21.3. The van der Waals surface area contributed by atoms with Crippen LogP contribution in [0.3, 0.4) is 0 Å². The molecule has 0 saturated heterocycles. The van der Waals surface area contributed by atoms with E-state index in [0.29, 0.717) is 22.9 Å². The van der Waals surface area contributed by atoms with Crippen LogP contribution < -0.4 is 0 Å². The van der Waals surface area contributed by atoms with Crippen LogP contribution in [0.5, 0.6) is 0 Å². The van der Waals surface area contributed by atoms with E-state index < -0.39 is 0 Å². The lowest BCUT2D eigenvalue weighted by molar-refractivity contribution is -0.00518. The number of fused-ring (bicyclic) bond motifs is 3. The minimum absolute atomic E-state index is 0.344. The third-order valence-corrected chi connectivity index (χ3v) is 13.7. The predicted molar refractivity (Wildman–Crippen MR) is 240 cm³/mol. The smallest absolute Gasteiger partial charge is 0.164 e. The molecule has 2 heterocycles. The Kier molecular flexibility index (Phi) is 8.01. The number of benzene rings is 7. The maximum atomic E-state index is 6.60. The Morgan fingerprint density at radius 1 is 0.390 bits per heavy atom. The molecule has 13 rings (SSSR count). The molecule has 4 fully saturated rings. The van der Waals surface area contributed by atoms with Crippen molar-refractivity contribution in [1.82, 2.24) is 15.0 Å². The van der Waals surface area contributed by atoms with Crippen molar-refractivity contribution in [3.63, 3.8) is 0 Å². The summed E-state index contributed by atoms with van der Waals surface area (Å²) >= 11 is 0. The highest BCUT2D eigenvalue weighted by Gasteiger charge is 2.51. The van der Waals surface area contributed by atoms with Crippen molar-refractivity contribution in [2.75, 3.05) is 0 Å². The molecule has 284 valence electrons. The zero-order valence-corrected chi connectivity index (χ0v) is 32.9. The summed E-state index contributed by atoms with van der Waals surface area (Å²) in [6.45, 7) is 0. The van der Waals surface area contributed by atoms with Crippen LogP contribution in [0.4, 0.5) is 0 Å². The molecule has 4 aliphatic carbocycles. The van der Waals surface area contributed by atoms with E-state index in [-0.39, 0.29) is 0 Å². The minimum Gasteiger partial charge on any atom is -0.456 e. The first kappa shape index (κ1) is 34.4. The number of furan rings is 1. The maximum Gasteiger partial charge on any atom is 0.164 e. The third-order valence-electron chi connectivity index (χ3n) is 13.7. The van der Waals surface area contributed by atoms with Crippen molar-refractivity contribution < 1.29 is 4.42 Å². The summed E-state index contributed by atoms with van der Waals surface area (Å²) in [5, 5.41) is 2.17. The molecule has 4 aliphatic rings. The molecule has 59 heavy (non-hydrogen) atoms. The van der Waals surface area contributed by atoms with Gasteiger partial charge in [0.25, 0.3) is 0 Å². The Hall–Kier alpha value is -6.65. The molecule has 4 nitrogen and oxygen atoms in total. The van der Waals surface area contributed by atoms with Crippen molar-refractivity contribution >= 4 is 21.9 Å². The average Bonchev–Trinajstić information content (AvgIpc) is 3.68. The summed E-state index contributed by atoms with van der Waals surface area (Å²) in [4.78, 5) is 15.5. The molecule has 0 N–H and O–H groups in total. The molecule has 4 heteroatoms. The number of rotatable bonds is 7.